The summed E-state index contributed by atoms with van der Waals surface area (Å²) in [6.45, 7) is 4.82. The first kappa shape index (κ1) is 16.7. The molecule has 1 aromatic carbocycles. The molecule has 3 heteroatoms. The van der Waals surface area contributed by atoms with E-state index in [0.29, 0.717) is 13.0 Å². The molecule has 112 valence electrons. The summed E-state index contributed by atoms with van der Waals surface area (Å²) in [5.41, 5.74) is 8.24. The van der Waals surface area contributed by atoms with Crippen LogP contribution in [0.1, 0.15) is 50.7 Å². The molecule has 0 bridgehead atoms. The summed E-state index contributed by atoms with van der Waals surface area (Å²) in [6, 6.07) is 8.63. The molecule has 0 heterocycles. The maximum absolute atomic E-state index is 11.9. The van der Waals surface area contributed by atoms with E-state index in [1.54, 1.807) is 0 Å². The average molecular weight is 276 g/mol. The molecule has 3 N–H and O–H groups in total. The minimum Gasteiger partial charge on any atom is -0.352 e. The van der Waals surface area contributed by atoms with Gasteiger partial charge in [0, 0.05) is 19.0 Å². The number of unbranched alkanes of at least 4 members (excludes halogenated alkanes) is 1. The first-order valence-corrected chi connectivity index (χ1v) is 7.76. The van der Waals surface area contributed by atoms with Gasteiger partial charge >= 0.3 is 0 Å². The van der Waals surface area contributed by atoms with Crippen LogP contribution in [0.3, 0.4) is 0 Å². The molecule has 0 aliphatic heterocycles. The number of benzene rings is 1. The van der Waals surface area contributed by atoms with Gasteiger partial charge in [-0.05, 0) is 30.4 Å². The highest BCUT2D eigenvalue weighted by molar-refractivity contribution is 5.76. The first-order chi connectivity index (χ1) is 9.69. The Morgan fingerprint density at radius 2 is 1.85 bits per heavy atom. The maximum atomic E-state index is 11.9. The minimum atomic E-state index is 0.108. The second-order valence-electron chi connectivity index (χ2n) is 5.31. The molecule has 1 amide bonds. The topological polar surface area (TPSA) is 55.1 Å². The lowest BCUT2D eigenvalue weighted by Gasteiger charge is -2.16. The van der Waals surface area contributed by atoms with E-state index in [4.69, 9.17) is 5.73 Å². The standard InChI is InChI=1S/C17H28N2O/c1-3-5-6-16(13-18)19-17(20)12-11-15-9-7-14(4-2)8-10-15/h7-10,16H,3-6,11-13,18H2,1-2H3,(H,19,20). The van der Waals surface area contributed by atoms with E-state index in [2.05, 4.69) is 43.4 Å². The summed E-state index contributed by atoms with van der Waals surface area (Å²) in [4.78, 5) is 11.9. The van der Waals surface area contributed by atoms with Crippen LogP contribution >= 0.6 is 0 Å². The third-order valence-electron chi connectivity index (χ3n) is 3.63. The van der Waals surface area contributed by atoms with E-state index >= 15 is 0 Å². The molecule has 1 atom stereocenters. The summed E-state index contributed by atoms with van der Waals surface area (Å²) < 4.78 is 0. The molecule has 1 rings (SSSR count). The van der Waals surface area contributed by atoms with Gasteiger partial charge in [-0.25, -0.2) is 0 Å². The highest BCUT2D eigenvalue weighted by Gasteiger charge is 2.10. The Morgan fingerprint density at radius 1 is 1.20 bits per heavy atom. The zero-order valence-electron chi connectivity index (χ0n) is 12.8. The number of nitrogens with one attached hydrogen (secondary N) is 1. The molecular weight excluding hydrogens is 248 g/mol. The van der Waals surface area contributed by atoms with E-state index in [1.165, 1.54) is 11.1 Å². The molecule has 0 radical (unpaired) electrons. The van der Waals surface area contributed by atoms with Crippen molar-refractivity contribution >= 4 is 5.91 Å². The van der Waals surface area contributed by atoms with Crippen LogP contribution in [0.5, 0.6) is 0 Å². The summed E-state index contributed by atoms with van der Waals surface area (Å²) in [5.74, 6) is 0.108. The third-order valence-corrected chi connectivity index (χ3v) is 3.63. The van der Waals surface area contributed by atoms with Gasteiger partial charge in [-0.15, -0.1) is 0 Å². The lowest BCUT2D eigenvalue weighted by Crippen LogP contribution is -2.40. The Kier molecular flexibility index (Phi) is 7.97. The number of hydrogen-bond donors (Lipinski definition) is 2. The summed E-state index contributed by atoms with van der Waals surface area (Å²) in [5, 5.41) is 3.03. The lowest BCUT2D eigenvalue weighted by molar-refractivity contribution is -0.121. The Morgan fingerprint density at radius 3 is 2.40 bits per heavy atom. The van der Waals surface area contributed by atoms with Crippen LogP contribution in [-0.2, 0) is 17.6 Å². The van der Waals surface area contributed by atoms with Gasteiger partial charge in [-0.3, -0.25) is 4.79 Å². The lowest BCUT2D eigenvalue weighted by atomic mass is 10.1. The number of hydrogen-bond acceptors (Lipinski definition) is 2. The van der Waals surface area contributed by atoms with Crippen molar-refractivity contribution in [2.24, 2.45) is 5.73 Å². The number of rotatable bonds is 9. The fraction of sp³-hybridized carbons (Fsp3) is 0.588. The molecule has 1 aromatic rings. The van der Waals surface area contributed by atoms with Crippen molar-refractivity contribution in [2.75, 3.05) is 6.54 Å². The minimum absolute atomic E-state index is 0.108. The van der Waals surface area contributed by atoms with Crippen LogP contribution < -0.4 is 11.1 Å². The highest BCUT2D eigenvalue weighted by atomic mass is 16.1. The van der Waals surface area contributed by atoms with Gasteiger partial charge in [0.05, 0.1) is 0 Å². The van der Waals surface area contributed by atoms with Crippen molar-refractivity contribution < 1.29 is 4.79 Å². The summed E-state index contributed by atoms with van der Waals surface area (Å²) in [6.07, 6.45) is 5.60. The number of nitrogens with two attached hydrogens (primary N) is 1. The number of aryl methyl sites for hydroxylation is 2. The Labute approximate surface area is 122 Å². The zero-order chi connectivity index (χ0) is 14.8. The normalized spacial score (nSPS) is 12.2. The Bertz CT molecular complexity index is 386. The zero-order valence-corrected chi connectivity index (χ0v) is 12.8. The van der Waals surface area contributed by atoms with Gasteiger partial charge in [0.25, 0.3) is 0 Å². The Hall–Kier alpha value is -1.35. The van der Waals surface area contributed by atoms with Crippen molar-refractivity contribution in [3.8, 4) is 0 Å². The number of carbonyl (C=O) groups excluding carboxylic acids is 1. The third kappa shape index (κ3) is 6.20. The van der Waals surface area contributed by atoms with Crippen LogP contribution in [0.4, 0.5) is 0 Å². The summed E-state index contributed by atoms with van der Waals surface area (Å²) in [7, 11) is 0. The molecule has 3 nitrogen and oxygen atoms in total. The molecule has 0 aliphatic rings. The molecule has 0 aromatic heterocycles. The molecule has 0 spiro atoms. The van der Waals surface area contributed by atoms with E-state index in [1.807, 2.05) is 0 Å². The second kappa shape index (κ2) is 9.54. The average Bonchev–Trinajstić information content (AvgIpc) is 2.49. The van der Waals surface area contributed by atoms with E-state index < -0.39 is 0 Å². The van der Waals surface area contributed by atoms with Gasteiger partial charge in [-0.1, -0.05) is 51.0 Å². The molecule has 20 heavy (non-hydrogen) atoms. The van der Waals surface area contributed by atoms with E-state index in [0.717, 1.165) is 32.1 Å². The van der Waals surface area contributed by atoms with Gasteiger partial charge in [0.15, 0.2) is 0 Å². The molecule has 0 aliphatic carbocycles. The van der Waals surface area contributed by atoms with Crippen molar-refractivity contribution in [3.05, 3.63) is 35.4 Å². The van der Waals surface area contributed by atoms with Crippen molar-refractivity contribution in [2.45, 2.75) is 58.4 Å². The fourth-order valence-corrected chi connectivity index (χ4v) is 2.20. The fourth-order valence-electron chi connectivity index (χ4n) is 2.20. The van der Waals surface area contributed by atoms with Gasteiger partial charge < -0.3 is 11.1 Å². The molecule has 0 fully saturated rings. The van der Waals surface area contributed by atoms with E-state index in [-0.39, 0.29) is 11.9 Å². The predicted octanol–water partition coefficient (Wildman–Crippen LogP) is 2.82. The molecule has 0 saturated carbocycles. The number of carbonyl (C=O) groups is 1. The highest BCUT2D eigenvalue weighted by Crippen LogP contribution is 2.07. The van der Waals surface area contributed by atoms with Crippen LogP contribution in [-0.4, -0.2) is 18.5 Å². The quantitative estimate of drug-likeness (QED) is 0.728. The molecule has 0 saturated heterocycles. The predicted molar refractivity (Wildman–Crippen MR) is 84.7 cm³/mol. The van der Waals surface area contributed by atoms with Crippen molar-refractivity contribution in [3.63, 3.8) is 0 Å². The van der Waals surface area contributed by atoms with Crippen molar-refractivity contribution in [1.29, 1.82) is 0 Å². The van der Waals surface area contributed by atoms with Crippen LogP contribution in [0.2, 0.25) is 0 Å². The summed E-state index contributed by atoms with van der Waals surface area (Å²) >= 11 is 0. The smallest absolute Gasteiger partial charge is 0.220 e. The van der Waals surface area contributed by atoms with Crippen molar-refractivity contribution in [1.82, 2.24) is 5.32 Å². The molecular formula is C17H28N2O. The van der Waals surface area contributed by atoms with Gasteiger partial charge in [0.1, 0.15) is 0 Å². The largest absolute Gasteiger partial charge is 0.352 e. The maximum Gasteiger partial charge on any atom is 0.220 e. The Balaban J connectivity index is 2.34. The number of amides is 1. The second-order valence-corrected chi connectivity index (χ2v) is 5.31. The molecule has 1 unspecified atom stereocenters. The van der Waals surface area contributed by atoms with Crippen LogP contribution in [0.25, 0.3) is 0 Å². The van der Waals surface area contributed by atoms with E-state index in [9.17, 15) is 4.79 Å². The SMILES string of the molecule is CCCCC(CN)NC(=O)CCc1ccc(CC)cc1. The van der Waals surface area contributed by atoms with Gasteiger partial charge in [0.2, 0.25) is 5.91 Å². The first-order valence-electron chi connectivity index (χ1n) is 7.76. The van der Waals surface area contributed by atoms with Crippen LogP contribution in [0, 0.1) is 0 Å². The monoisotopic (exact) mass is 276 g/mol. The van der Waals surface area contributed by atoms with Gasteiger partial charge in [-0.2, -0.15) is 0 Å². The van der Waals surface area contributed by atoms with Crippen LogP contribution in [0.15, 0.2) is 24.3 Å².